The Balaban J connectivity index is 0.000000194. The number of amides is 4. The summed E-state index contributed by atoms with van der Waals surface area (Å²) >= 11 is 0. The maximum Gasteiger partial charge on any atom is 0.410 e. The van der Waals surface area contributed by atoms with Crippen molar-refractivity contribution in [2.45, 2.75) is 70.6 Å². The van der Waals surface area contributed by atoms with E-state index < -0.39 is 18.0 Å². The molecule has 0 aromatic heterocycles. The molecule has 4 amide bonds. The average molecular weight is 386 g/mol. The Hall–Kier alpha value is -2.07. The molecule has 3 aliphatic heterocycles. The molecule has 3 fully saturated rings. The van der Waals surface area contributed by atoms with Gasteiger partial charge in [0.25, 0.3) is 5.91 Å². The molecule has 0 aromatic carbocycles. The van der Waals surface area contributed by atoms with E-state index in [0.29, 0.717) is 24.4 Å². The minimum Gasteiger partial charge on any atom is -0.444 e. The van der Waals surface area contributed by atoms with Crippen LogP contribution in [0.4, 0.5) is 9.59 Å². The van der Waals surface area contributed by atoms with Gasteiger partial charge in [-0.05, 0) is 52.9 Å². The van der Waals surface area contributed by atoms with Gasteiger partial charge in [0.2, 0.25) is 0 Å². The zero-order chi connectivity index (χ0) is 20.2. The van der Waals surface area contributed by atoms with Crippen LogP contribution >= 0.6 is 0 Å². The summed E-state index contributed by atoms with van der Waals surface area (Å²) in [5.41, 5.74) is 1.15. The van der Waals surface area contributed by atoms with E-state index in [2.05, 4.69) is 0 Å². The molecule has 3 N–H and O–H groups in total. The fraction of sp³-hybridized carbons (Fsp3) is 0.824. The van der Waals surface area contributed by atoms with Crippen molar-refractivity contribution in [3.63, 3.8) is 0 Å². The van der Waals surface area contributed by atoms with Crippen molar-refractivity contribution in [2.75, 3.05) is 19.6 Å². The summed E-state index contributed by atoms with van der Waals surface area (Å²) in [5, 5.41) is 18.4. The minimum atomic E-state index is -0.666. The Morgan fingerprint density at radius 1 is 1.15 bits per heavy atom. The lowest BCUT2D eigenvalue weighted by Gasteiger charge is -2.29. The summed E-state index contributed by atoms with van der Waals surface area (Å²) in [4.78, 5) is 37.1. The summed E-state index contributed by atoms with van der Waals surface area (Å²) in [6.07, 6.45) is 4.32. The van der Waals surface area contributed by atoms with Crippen molar-refractivity contribution in [3.8, 4) is 0 Å². The zero-order valence-electron chi connectivity index (χ0n) is 16.2. The van der Waals surface area contributed by atoms with Crippen LogP contribution in [0.5, 0.6) is 0 Å². The molecule has 0 spiro atoms. The Bertz CT molecular complexity index is 558. The van der Waals surface area contributed by atoms with Gasteiger partial charge < -0.3 is 14.5 Å². The molecule has 10 nitrogen and oxygen atoms in total. The van der Waals surface area contributed by atoms with Gasteiger partial charge in [-0.15, -0.1) is 0 Å². The Kier molecular flexibility index (Phi) is 6.88. The van der Waals surface area contributed by atoms with E-state index in [9.17, 15) is 19.6 Å². The standard InChI is InChI=1S/C10H19NO2.C7H11N3O4/c1-10(2,3)13-9(12)11-7-5-4-6-8-11;11-6(8-13)5-2-1-4-3-9(5)7(12)10(4)14/h4-8H2,1-3H3;4-5,13-14H,1-3H2,(H,8,11)/t;4?,5-/m.0/s1. The first-order valence-electron chi connectivity index (χ1n) is 9.34. The van der Waals surface area contributed by atoms with Crippen molar-refractivity contribution >= 4 is 18.0 Å². The van der Waals surface area contributed by atoms with Crippen LogP contribution in [0.3, 0.4) is 0 Å². The summed E-state index contributed by atoms with van der Waals surface area (Å²) in [6.45, 7) is 7.75. The van der Waals surface area contributed by atoms with Gasteiger partial charge in [-0.25, -0.2) is 20.1 Å². The molecule has 2 atom stereocenters. The quantitative estimate of drug-likeness (QED) is 0.464. The van der Waals surface area contributed by atoms with Gasteiger partial charge in [-0.1, -0.05) is 0 Å². The first-order chi connectivity index (χ1) is 12.6. The number of hydroxylamine groups is 3. The lowest BCUT2D eigenvalue weighted by molar-refractivity contribution is -0.134. The van der Waals surface area contributed by atoms with Gasteiger partial charge >= 0.3 is 12.1 Å². The smallest absolute Gasteiger partial charge is 0.410 e. The summed E-state index contributed by atoms with van der Waals surface area (Å²) in [5.74, 6) is -0.605. The number of carbonyl (C=O) groups excluding carboxylic acids is 3. The van der Waals surface area contributed by atoms with Gasteiger partial charge in [-0.3, -0.25) is 15.2 Å². The molecule has 1 unspecified atom stereocenters. The SMILES string of the molecule is CC(C)(C)OC(=O)N1CCCCC1.O=C(NO)[C@@H]1CCC2CN1C(=O)N2O. The second-order valence-electron chi connectivity index (χ2n) is 8.03. The molecule has 3 heterocycles. The number of nitrogens with one attached hydrogen (secondary N) is 1. The second-order valence-corrected chi connectivity index (χ2v) is 8.03. The first kappa shape index (κ1) is 21.2. The molecule has 10 heteroatoms. The van der Waals surface area contributed by atoms with Crippen LogP contribution in [-0.4, -0.2) is 80.6 Å². The lowest BCUT2D eigenvalue weighted by atomic mass is 10.0. The lowest BCUT2D eigenvalue weighted by Crippen LogP contribution is -2.49. The van der Waals surface area contributed by atoms with Crippen LogP contribution in [-0.2, 0) is 9.53 Å². The summed E-state index contributed by atoms with van der Waals surface area (Å²) in [7, 11) is 0. The van der Waals surface area contributed by atoms with Crippen molar-refractivity contribution in [1.29, 1.82) is 0 Å². The molecular formula is C17H30N4O6. The predicted molar refractivity (Wildman–Crippen MR) is 94.1 cm³/mol. The highest BCUT2D eigenvalue weighted by Crippen LogP contribution is 2.28. The number of urea groups is 1. The van der Waals surface area contributed by atoms with E-state index in [4.69, 9.17) is 9.94 Å². The largest absolute Gasteiger partial charge is 0.444 e. The Morgan fingerprint density at radius 2 is 1.78 bits per heavy atom. The van der Waals surface area contributed by atoms with Crippen molar-refractivity contribution in [1.82, 2.24) is 20.3 Å². The molecule has 3 rings (SSSR count). The Morgan fingerprint density at radius 3 is 2.33 bits per heavy atom. The number of fused-ring (bicyclic) bond motifs is 2. The molecule has 154 valence electrons. The van der Waals surface area contributed by atoms with Gasteiger partial charge in [0.15, 0.2) is 0 Å². The average Bonchev–Trinajstić information content (AvgIpc) is 2.85. The number of hydrogen-bond acceptors (Lipinski definition) is 6. The third-order valence-corrected chi connectivity index (χ3v) is 4.77. The molecule has 0 radical (unpaired) electrons. The summed E-state index contributed by atoms with van der Waals surface area (Å²) in [6, 6.07) is -1.45. The second kappa shape index (κ2) is 8.75. The van der Waals surface area contributed by atoms with E-state index in [-0.39, 0.29) is 17.7 Å². The van der Waals surface area contributed by atoms with E-state index in [1.165, 1.54) is 16.8 Å². The fourth-order valence-corrected chi connectivity index (χ4v) is 3.40. The molecule has 3 aliphatic rings. The third kappa shape index (κ3) is 5.46. The molecule has 2 bridgehead atoms. The number of piperidine rings is 2. The highest BCUT2D eigenvalue weighted by molar-refractivity contribution is 5.87. The highest BCUT2D eigenvalue weighted by Gasteiger charge is 2.46. The number of likely N-dealkylation sites (tertiary alicyclic amines) is 1. The van der Waals surface area contributed by atoms with E-state index in [0.717, 1.165) is 25.9 Å². The topological polar surface area (TPSA) is 123 Å². The van der Waals surface area contributed by atoms with Gasteiger partial charge in [0.1, 0.15) is 11.6 Å². The van der Waals surface area contributed by atoms with Crippen LogP contribution in [0, 0.1) is 0 Å². The maximum atomic E-state index is 11.5. The molecule has 3 saturated heterocycles. The van der Waals surface area contributed by atoms with Gasteiger partial charge in [0.05, 0.1) is 6.04 Å². The Labute approximate surface area is 158 Å². The number of nitrogens with zero attached hydrogens (tertiary/aromatic N) is 3. The van der Waals surface area contributed by atoms with Crippen LogP contribution < -0.4 is 5.48 Å². The number of hydrogen-bond donors (Lipinski definition) is 3. The number of ether oxygens (including phenoxy) is 1. The van der Waals surface area contributed by atoms with Gasteiger partial charge in [0, 0.05) is 19.6 Å². The molecule has 27 heavy (non-hydrogen) atoms. The van der Waals surface area contributed by atoms with Crippen LogP contribution in [0.2, 0.25) is 0 Å². The molecular weight excluding hydrogens is 356 g/mol. The third-order valence-electron chi connectivity index (χ3n) is 4.77. The van der Waals surface area contributed by atoms with Crippen LogP contribution in [0.15, 0.2) is 0 Å². The number of carbonyl (C=O) groups is 3. The maximum absolute atomic E-state index is 11.5. The number of rotatable bonds is 1. The molecule has 0 aromatic rings. The molecule has 0 aliphatic carbocycles. The monoisotopic (exact) mass is 386 g/mol. The predicted octanol–water partition coefficient (Wildman–Crippen LogP) is 1.56. The summed E-state index contributed by atoms with van der Waals surface area (Å²) < 4.78 is 5.26. The van der Waals surface area contributed by atoms with E-state index in [1.807, 2.05) is 20.8 Å². The zero-order valence-corrected chi connectivity index (χ0v) is 16.2. The van der Waals surface area contributed by atoms with Crippen molar-refractivity contribution < 1.29 is 29.5 Å². The van der Waals surface area contributed by atoms with Crippen LogP contribution in [0.25, 0.3) is 0 Å². The minimum absolute atomic E-state index is 0.160. The van der Waals surface area contributed by atoms with E-state index in [1.54, 1.807) is 4.90 Å². The van der Waals surface area contributed by atoms with E-state index >= 15 is 0 Å². The molecule has 0 saturated carbocycles. The highest BCUT2D eigenvalue weighted by atomic mass is 16.6. The van der Waals surface area contributed by atoms with Gasteiger partial charge in [-0.2, -0.15) is 0 Å². The van der Waals surface area contributed by atoms with Crippen molar-refractivity contribution in [3.05, 3.63) is 0 Å². The first-order valence-corrected chi connectivity index (χ1v) is 9.34. The van der Waals surface area contributed by atoms with Crippen LogP contribution in [0.1, 0.15) is 52.9 Å². The fourth-order valence-electron chi connectivity index (χ4n) is 3.40. The normalized spacial score (nSPS) is 24.9. The van der Waals surface area contributed by atoms with Crippen molar-refractivity contribution in [2.24, 2.45) is 0 Å².